The lowest BCUT2D eigenvalue weighted by molar-refractivity contribution is -0.137. The van der Waals surface area contributed by atoms with Crippen LogP contribution in [0.25, 0.3) is 11.1 Å². The zero-order chi connectivity index (χ0) is 23.0. The topological polar surface area (TPSA) is 63.4 Å². The molecule has 0 atom stereocenters. The van der Waals surface area contributed by atoms with E-state index in [1.165, 1.54) is 17.0 Å². The molecular weight excluding hydrogens is 441 g/mol. The van der Waals surface area contributed by atoms with E-state index in [-0.39, 0.29) is 5.56 Å². The van der Waals surface area contributed by atoms with Gasteiger partial charge >= 0.3 is 6.18 Å². The standard InChI is InChI=1S/C24H18ClF3N2O2/c25-20-8-6-16(22(29)31)13-19(20)14-7-9-21-15(11-14)4-2-10-30(21)23(32)17-3-1-5-18(12-17)24(26,27)28/h1,3,5-9,11-13H,2,4,10H2,(H2,29,31). The van der Waals surface area contributed by atoms with Crippen molar-refractivity contribution in [1.29, 1.82) is 0 Å². The van der Waals surface area contributed by atoms with Gasteiger partial charge in [0.1, 0.15) is 0 Å². The Balaban J connectivity index is 1.70. The second-order valence-electron chi connectivity index (χ2n) is 7.54. The molecule has 32 heavy (non-hydrogen) atoms. The third-order valence-electron chi connectivity index (χ3n) is 5.44. The van der Waals surface area contributed by atoms with E-state index in [1.807, 2.05) is 6.07 Å². The molecule has 2 N–H and O–H groups in total. The van der Waals surface area contributed by atoms with E-state index in [9.17, 15) is 22.8 Å². The number of alkyl halides is 3. The van der Waals surface area contributed by atoms with Crippen molar-refractivity contribution in [3.8, 4) is 11.1 Å². The van der Waals surface area contributed by atoms with Gasteiger partial charge in [-0.3, -0.25) is 9.59 Å². The van der Waals surface area contributed by atoms with Crippen LogP contribution in [-0.4, -0.2) is 18.4 Å². The summed E-state index contributed by atoms with van der Waals surface area (Å²) in [5, 5.41) is 0.447. The molecule has 0 unspecified atom stereocenters. The van der Waals surface area contributed by atoms with Crippen LogP contribution in [0.2, 0.25) is 5.02 Å². The summed E-state index contributed by atoms with van der Waals surface area (Å²) in [7, 11) is 0. The molecule has 0 bridgehead atoms. The second-order valence-corrected chi connectivity index (χ2v) is 7.95. The fourth-order valence-electron chi connectivity index (χ4n) is 3.86. The fraction of sp³-hybridized carbons (Fsp3) is 0.167. The van der Waals surface area contributed by atoms with E-state index >= 15 is 0 Å². The Morgan fingerprint density at radius 3 is 2.47 bits per heavy atom. The number of rotatable bonds is 3. The highest BCUT2D eigenvalue weighted by atomic mass is 35.5. The molecule has 0 aromatic heterocycles. The van der Waals surface area contributed by atoms with Crippen LogP contribution >= 0.6 is 11.6 Å². The molecule has 0 fully saturated rings. The van der Waals surface area contributed by atoms with Crippen molar-refractivity contribution in [2.24, 2.45) is 5.73 Å². The lowest BCUT2D eigenvalue weighted by atomic mass is 9.94. The summed E-state index contributed by atoms with van der Waals surface area (Å²) >= 11 is 6.32. The number of benzene rings is 3. The number of hydrogen-bond acceptors (Lipinski definition) is 2. The maximum Gasteiger partial charge on any atom is 0.416 e. The lowest BCUT2D eigenvalue weighted by Crippen LogP contribution is -2.35. The van der Waals surface area contributed by atoms with E-state index in [4.69, 9.17) is 17.3 Å². The molecule has 4 nitrogen and oxygen atoms in total. The quantitative estimate of drug-likeness (QED) is 0.545. The van der Waals surface area contributed by atoms with Crippen molar-refractivity contribution >= 4 is 29.1 Å². The average molecular weight is 459 g/mol. The van der Waals surface area contributed by atoms with Crippen molar-refractivity contribution in [3.05, 3.63) is 87.9 Å². The number of amides is 2. The van der Waals surface area contributed by atoms with Gasteiger partial charge < -0.3 is 10.6 Å². The predicted molar refractivity (Wildman–Crippen MR) is 117 cm³/mol. The summed E-state index contributed by atoms with van der Waals surface area (Å²) in [6.07, 6.45) is -3.16. The highest BCUT2D eigenvalue weighted by molar-refractivity contribution is 6.33. The van der Waals surface area contributed by atoms with Gasteiger partial charge in [0.25, 0.3) is 5.91 Å². The van der Waals surface area contributed by atoms with Gasteiger partial charge in [0.2, 0.25) is 5.91 Å². The smallest absolute Gasteiger partial charge is 0.366 e. The number of nitrogens with two attached hydrogens (primary N) is 1. The van der Waals surface area contributed by atoms with E-state index in [1.54, 1.807) is 30.3 Å². The van der Waals surface area contributed by atoms with E-state index in [0.717, 1.165) is 23.3 Å². The molecule has 1 aliphatic heterocycles. The minimum absolute atomic E-state index is 0.0195. The summed E-state index contributed by atoms with van der Waals surface area (Å²) in [4.78, 5) is 26.1. The largest absolute Gasteiger partial charge is 0.416 e. The Labute approximate surface area is 187 Å². The van der Waals surface area contributed by atoms with Crippen LogP contribution in [0, 0.1) is 0 Å². The van der Waals surface area contributed by atoms with Gasteiger partial charge in [0, 0.05) is 33.9 Å². The first-order chi connectivity index (χ1) is 15.1. The van der Waals surface area contributed by atoms with Crippen LogP contribution in [0.1, 0.15) is 38.3 Å². The minimum atomic E-state index is -4.52. The van der Waals surface area contributed by atoms with Gasteiger partial charge in [0.15, 0.2) is 0 Å². The van der Waals surface area contributed by atoms with E-state index in [0.29, 0.717) is 41.2 Å². The molecule has 2 amide bonds. The van der Waals surface area contributed by atoms with Crippen LogP contribution in [-0.2, 0) is 12.6 Å². The number of aryl methyl sites for hydroxylation is 1. The molecule has 1 aliphatic rings. The Bertz CT molecular complexity index is 1220. The Hall–Kier alpha value is -3.32. The Morgan fingerprint density at radius 1 is 0.969 bits per heavy atom. The van der Waals surface area contributed by atoms with Gasteiger partial charge in [-0.25, -0.2) is 0 Å². The van der Waals surface area contributed by atoms with Crippen LogP contribution < -0.4 is 10.6 Å². The Kier molecular flexibility index (Phi) is 5.69. The van der Waals surface area contributed by atoms with Crippen molar-refractivity contribution in [2.75, 3.05) is 11.4 Å². The molecule has 0 saturated carbocycles. The number of anilines is 1. The summed E-state index contributed by atoms with van der Waals surface area (Å²) in [6, 6.07) is 14.6. The van der Waals surface area contributed by atoms with Crippen molar-refractivity contribution in [1.82, 2.24) is 0 Å². The first-order valence-corrected chi connectivity index (χ1v) is 10.2. The van der Waals surface area contributed by atoms with Crippen LogP contribution in [0.15, 0.2) is 60.7 Å². The third kappa shape index (κ3) is 4.21. The number of fused-ring (bicyclic) bond motifs is 1. The van der Waals surface area contributed by atoms with E-state index < -0.39 is 23.6 Å². The molecule has 0 saturated heterocycles. The number of carbonyl (C=O) groups excluding carboxylic acids is 2. The summed E-state index contributed by atoms with van der Waals surface area (Å²) < 4.78 is 39.2. The van der Waals surface area contributed by atoms with Gasteiger partial charge in [-0.2, -0.15) is 13.2 Å². The van der Waals surface area contributed by atoms with Crippen LogP contribution in [0.5, 0.6) is 0 Å². The zero-order valence-corrected chi connectivity index (χ0v) is 17.5. The first kappa shape index (κ1) is 21.9. The van der Waals surface area contributed by atoms with Crippen molar-refractivity contribution < 1.29 is 22.8 Å². The van der Waals surface area contributed by atoms with Crippen LogP contribution in [0.3, 0.4) is 0 Å². The number of hydrogen-bond donors (Lipinski definition) is 1. The van der Waals surface area contributed by atoms with Gasteiger partial charge in [-0.1, -0.05) is 23.7 Å². The summed E-state index contributed by atoms with van der Waals surface area (Å²) in [5.74, 6) is -1.06. The number of carbonyl (C=O) groups is 2. The van der Waals surface area contributed by atoms with Crippen molar-refractivity contribution in [3.63, 3.8) is 0 Å². The van der Waals surface area contributed by atoms with Gasteiger partial charge in [0.05, 0.1) is 5.56 Å². The monoisotopic (exact) mass is 458 g/mol. The molecule has 0 spiro atoms. The molecule has 164 valence electrons. The average Bonchev–Trinajstić information content (AvgIpc) is 2.77. The minimum Gasteiger partial charge on any atom is -0.366 e. The van der Waals surface area contributed by atoms with Gasteiger partial charge in [-0.05, 0) is 72.5 Å². The molecule has 4 rings (SSSR count). The molecule has 8 heteroatoms. The third-order valence-corrected chi connectivity index (χ3v) is 5.77. The number of nitrogens with zero attached hydrogens (tertiary/aromatic N) is 1. The van der Waals surface area contributed by atoms with E-state index in [2.05, 4.69) is 0 Å². The maximum atomic E-state index is 13.1. The predicted octanol–water partition coefficient (Wildman–Crippen LogP) is 5.72. The molecule has 0 aliphatic carbocycles. The molecule has 3 aromatic carbocycles. The first-order valence-electron chi connectivity index (χ1n) is 9.87. The highest BCUT2D eigenvalue weighted by Gasteiger charge is 2.32. The normalized spacial score (nSPS) is 13.6. The number of primary amides is 1. The highest BCUT2D eigenvalue weighted by Crippen LogP contribution is 2.36. The molecule has 0 radical (unpaired) electrons. The Morgan fingerprint density at radius 2 is 1.75 bits per heavy atom. The second kappa shape index (κ2) is 8.31. The molecule has 1 heterocycles. The lowest BCUT2D eigenvalue weighted by Gasteiger charge is -2.30. The van der Waals surface area contributed by atoms with Crippen molar-refractivity contribution in [2.45, 2.75) is 19.0 Å². The molecule has 3 aromatic rings. The maximum absolute atomic E-state index is 13.1. The molecular formula is C24H18ClF3N2O2. The van der Waals surface area contributed by atoms with Crippen LogP contribution in [0.4, 0.5) is 18.9 Å². The number of halogens is 4. The summed E-state index contributed by atoms with van der Waals surface area (Å²) in [5.41, 5.74) is 7.71. The van der Waals surface area contributed by atoms with Gasteiger partial charge in [-0.15, -0.1) is 0 Å². The zero-order valence-electron chi connectivity index (χ0n) is 16.7. The fourth-order valence-corrected chi connectivity index (χ4v) is 4.09. The summed E-state index contributed by atoms with van der Waals surface area (Å²) in [6.45, 7) is 0.402. The SMILES string of the molecule is NC(=O)c1ccc(Cl)c(-c2ccc3c(c2)CCCN3C(=O)c2cccc(C(F)(F)F)c2)c1.